The second-order valence-electron chi connectivity index (χ2n) is 11.0. The van der Waals surface area contributed by atoms with E-state index < -0.39 is 19.3 Å². The Hall–Kier alpha value is -1.53. The van der Waals surface area contributed by atoms with Gasteiger partial charge >= 0.3 is 5.97 Å². The minimum Gasteiger partial charge on any atom is -0.497 e. The third kappa shape index (κ3) is 7.51. The summed E-state index contributed by atoms with van der Waals surface area (Å²) in [6.07, 6.45) is 0.622. The first-order valence-corrected chi connectivity index (χ1v) is 14.0. The molecule has 0 heterocycles. The van der Waals surface area contributed by atoms with Gasteiger partial charge in [-0.15, -0.1) is 0 Å². The molecule has 0 bridgehead atoms. The van der Waals surface area contributed by atoms with Crippen molar-refractivity contribution in [3.05, 3.63) is 24.3 Å². The molecule has 0 amide bonds. The van der Waals surface area contributed by atoms with Crippen molar-refractivity contribution in [3.63, 3.8) is 0 Å². The quantitative estimate of drug-likeness (QED) is 0.245. The molecule has 0 radical (unpaired) electrons. The molecule has 184 valence electrons. The molecule has 1 aromatic rings. The van der Waals surface area contributed by atoms with Crippen LogP contribution in [-0.2, 0) is 14.0 Å². The standard InChI is InChI=1S/C26H46O5Si/c1-19(2)32(20(3)4,21(5)6)31-26(10,18-30-24(27)25(7,8)9)16-17-29-23-14-12-22(28-11)13-15-23/h12-15,19-21H,16-18H2,1-11H3/t26-/m1/s1. The Labute approximate surface area is 197 Å². The molecule has 1 aromatic carbocycles. The topological polar surface area (TPSA) is 54.0 Å². The average Bonchev–Trinajstić information content (AvgIpc) is 2.69. The van der Waals surface area contributed by atoms with Crippen molar-refractivity contribution < 1.29 is 23.4 Å². The van der Waals surface area contributed by atoms with Gasteiger partial charge in [0.1, 0.15) is 18.1 Å². The molecule has 32 heavy (non-hydrogen) atoms. The summed E-state index contributed by atoms with van der Waals surface area (Å²) in [5.74, 6) is 1.36. The number of hydrogen-bond acceptors (Lipinski definition) is 5. The number of carbonyl (C=O) groups is 1. The number of hydrogen-bond donors (Lipinski definition) is 0. The fourth-order valence-electron chi connectivity index (χ4n) is 4.42. The van der Waals surface area contributed by atoms with Gasteiger partial charge in [-0.25, -0.2) is 0 Å². The van der Waals surface area contributed by atoms with Gasteiger partial charge in [-0.05, 0) is 68.6 Å². The molecule has 1 atom stereocenters. The highest BCUT2D eigenvalue weighted by Crippen LogP contribution is 2.45. The lowest BCUT2D eigenvalue weighted by molar-refractivity contribution is -0.159. The monoisotopic (exact) mass is 466 g/mol. The smallest absolute Gasteiger partial charge is 0.311 e. The first-order valence-electron chi connectivity index (χ1n) is 11.8. The fourth-order valence-corrected chi connectivity index (χ4v) is 10.1. The summed E-state index contributed by atoms with van der Waals surface area (Å²) in [7, 11) is -0.541. The van der Waals surface area contributed by atoms with Crippen LogP contribution < -0.4 is 9.47 Å². The molecular formula is C26H46O5Si. The first kappa shape index (κ1) is 28.5. The van der Waals surface area contributed by atoms with E-state index in [4.69, 9.17) is 18.6 Å². The van der Waals surface area contributed by atoms with Gasteiger partial charge < -0.3 is 18.6 Å². The Bertz CT molecular complexity index is 684. The average molecular weight is 467 g/mol. The molecule has 0 aliphatic heterocycles. The maximum atomic E-state index is 12.5. The van der Waals surface area contributed by atoms with Gasteiger partial charge in [0.05, 0.1) is 24.7 Å². The van der Waals surface area contributed by atoms with E-state index in [0.29, 0.717) is 29.7 Å². The number of ether oxygens (including phenoxy) is 3. The molecule has 0 saturated carbocycles. The van der Waals surface area contributed by atoms with Crippen molar-refractivity contribution in [3.8, 4) is 11.5 Å². The Kier molecular flexibility index (Phi) is 10.3. The second kappa shape index (κ2) is 11.6. The van der Waals surface area contributed by atoms with Gasteiger partial charge in [0, 0.05) is 6.42 Å². The molecule has 0 aromatic heterocycles. The van der Waals surface area contributed by atoms with Gasteiger partial charge in [-0.1, -0.05) is 41.5 Å². The molecule has 0 spiro atoms. The summed E-state index contributed by atoms with van der Waals surface area (Å²) in [5, 5.41) is 0. The van der Waals surface area contributed by atoms with E-state index in [0.717, 1.165) is 11.5 Å². The van der Waals surface area contributed by atoms with Crippen LogP contribution >= 0.6 is 0 Å². The fraction of sp³-hybridized carbons (Fsp3) is 0.731. The molecule has 0 unspecified atom stereocenters. The molecule has 0 saturated heterocycles. The van der Waals surface area contributed by atoms with Crippen molar-refractivity contribution in [2.24, 2.45) is 5.41 Å². The highest BCUT2D eigenvalue weighted by molar-refractivity contribution is 6.77. The predicted molar refractivity (Wildman–Crippen MR) is 134 cm³/mol. The maximum absolute atomic E-state index is 12.5. The molecule has 0 aliphatic carbocycles. The molecule has 6 heteroatoms. The minimum atomic E-state index is -2.19. The van der Waals surface area contributed by atoms with E-state index >= 15 is 0 Å². The third-order valence-corrected chi connectivity index (χ3v) is 12.5. The highest BCUT2D eigenvalue weighted by Gasteiger charge is 2.49. The van der Waals surface area contributed by atoms with Gasteiger partial charge in [0.2, 0.25) is 8.32 Å². The van der Waals surface area contributed by atoms with E-state index in [-0.39, 0.29) is 12.6 Å². The van der Waals surface area contributed by atoms with Crippen LogP contribution in [-0.4, -0.2) is 40.2 Å². The van der Waals surface area contributed by atoms with Crippen LogP contribution in [0.5, 0.6) is 11.5 Å². The van der Waals surface area contributed by atoms with Crippen LogP contribution in [0.3, 0.4) is 0 Å². The normalized spacial score (nSPS) is 14.6. The van der Waals surface area contributed by atoms with Gasteiger partial charge in [-0.2, -0.15) is 0 Å². The van der Waals surface area contributed by atoms with Crippen LogP contribution in [0.25, 0.3) is 0 Å². The Balaban J connectivity index is 3.08. The zero-order valence-electron chi connectivity index (χ0n) is 22.2. The first-order chi connectivity index (χ1) is 14.7. The molecule has 5 nitrogen and oxygen atoms in total. The van der Waals surface area contributed by atoms with E-state index in [1.54, 1.807) is 7.11 Å². The summed E-state index contributed by atoms with van der Waals surface area (Å²) in [4.78, 5) is 12.5. The third-order valence-electron chi connectivity index (χ3n) is 6.21. The van der Waals surface area contributed by atoms with E-state index in [1.807, 2.05) is 45.0 Å². The number of benzene rings is 1. The van der Waals surface area contributed by atoms with Crippen LogP contribution in [0.1, 0.15) is 75.7 Å². The Morgan fingerprint density at radius 2 is 1.34 bits per heavy atom. The molecule has 0 fully saturated rings. The predicted octanol–water partition coefficient (Wildman–Crippen LogP) is 7.00. The van der Waals surface area contributed by atoms with Crippen molar-refractivity contribution in [2.75, 3.05) is 20.3 Å². The summed E-state index contributed by atoms with van der Waals surface area (Å²) < 4.78 is 24.1. The lowest BCUT2D eigenvalue weighted by Gasteiger charge is -2.48. The zero-order valence-corrected chi connectivity index (χ0v) is 23.2. The van der Waals surface area contributed by atoms with Crippen molar-refractivity contribution in [2.45, 2.75) is 97.9 Å². The number of esters is 1. The zero-order chi connectivity index (χ0) is 24.7. The lowest BCUT2D eigenvalue weighted by Crippen LogP contribution is -2.55. The van der Waals surface area contributed by atoms with E-state index in [9.17, 15) is 4.79 Å². The molecule has 1 rings (SSSR count). The summed E-state index contributed by atoms with van der Waals surface area (Å²) in [6.45, 7) is 22.0. The molecule has 0 aliphatic rings. The molecule has 0 N–H and O–H groups in total. The van der Waals surface area contributed by atoms with Crippen LogP contribution in [0.15, 0.2) is 24.3 Å². The summed E-state index contributed by atoms with van der Waals surface area (Å²) in [5.41, 5.74) is 0.120. The SMILES string of the molecule is COc1ccc(OCC[C@](C)(COC(=O)C(C)(C)C)O[Si](C(C)C)(C(C)C)C(C)C)cc1. The summed E-state index contributed by atoms with van der Waals surface area (Å²) >= 11 is 0. The van der Waals surface area contributed by atoms with E-state index in [1.165, 1.54) is 0 Å². The number of methoxy groups -OCH3 is 1. The number of rotatable bonds is 12. The van der Waals surface area contributed by atoms with Crippen molar-refractivity contribution in [1.29, 1.82) is 0 Å². The van der Waals surface area contributed by atoms with Gasteiger partial charge in [0.15, 0.2) is 0 Å². The van der Waals surface area contributed by atoms with Crippen LogP contribution in [0.4, 0.5) is 0 Å². The maximum Gasteiger partial charge on any atom is 0.311 e. The minimum absolute atomic E-state index is 0.214. The van der Waals surface area contributed by atoms with Gasteiger partial charge in [0.25, 0.3) is 0 Å². The molecular weight excluding hydrogens is 420 g/mol. The Morgan fingerprint density at radius 1 is 0.875 bits per heavy atom. The Morgan fingerprint density at radius 3 is 1.75 bits per heavy atom. The van der Waals surface area contributed by atoms with Crippen LogP contribution in [0, 0.1) is 5.41 Å². The number of carbonyl (C=O) groups excluding carboxylic acids is 1. The van der Waals surface area contributed by atoms with Crippen molar-refractivity contribution >= 4 is 14.3 Å². The second-order valence-corrected chi connectivity index (χ2v) is 16.3. The summed E-state index contributed by atoms with van der Waals surface area (Å²) in [6, 6.07) is 7.55. The van der Waals surface area contributed by atoms with Crippen LogP contribution in [0.2, 0.25) is 16.6 Å². The largest absolute Gasteiger partial charge is 0.497 e. The van der Waals surface area contributed by atoms with Gasteiger partial charge in [-0.3, -0.25) is 4.79 Å². The highest BCUT2D eigenvalue weighted by atomic mass is 28.4. The van der Waals surface area contributed by atoms with E-state index in [2.05, 4.69) is 48.5 Å². The van der Waals surface area contributed by atoms with Crippen molar-refractivity contribution in [1.82, 2.24) is 0 Å². The lowest BCUT2D eigenvalue weighted by atomic mass is 9.97.